The van der Waals surface area contributed by atoms with E-state index in [0.29, 0.717) is 18.0 Å². The van der Waals surface area contributed by atoms with Crippen LogP contribution < -0.4 is 5.32 Å². The summed E-state index contributed by atoms with van der Waals surface area (Å²) in [6.07, 6.45) is 6.02. The number of halogens is 1. The molecule has 1 aliphatic carbocycles. The summed E-state index contributed by atoms with van der Waals surface area (Å²) in [5, 5.41) is 3.69. The lowest BCUT2D eigenvalue weighted by Crippen LogP contribution is -2.44. The number of rotatable bonds is 7. The average Bonchev–Trinajstić information content (AvgIpc) is 2.34. The lowest BCUT2D eigenvalue weighted by atomic mass is 9.75. The molecule has 0 bridgehead atoms. The van der Waals surface area contributed by atoms with Crippen LogP contribution in [0.25, 0.3) is 0 Å². The van der Waals surface area contributed by atoms with Crippen molar-refractivity contribution in [1.29, 1.82) is 0 Å². The standard InChI is InChI=1S/C18H28FN/c1-13(2)7-6-8-14(3)20-16-11-15(12-16)17-9-4-5-10-18(17)19/h4-5,9-10,13-16,20H,6-8,11-12H2,1-3H3. The molecule has 1 atom stereocenters. The third-order valence-electron chi connectivity index (χ3n) is 4.42. The first kappa shape index (κ1) is 15.5. The number of hydrogen-bond donors (Lipinski definition) is 1. The van der Waals surface area contributed by atoms with E-state index < -0.39 is 0 Å². The molecule has 0 radical (unpaired) electrons. The molecule has 0 aliphatic heterocycles. The highest BCUT2D eigenvalue weighted by Crippen LogP contribution is 2.38. The van der Waals surface area contributed by atoms with Gasteiger partial charge in [-0.05, 0) is 49.7 Å². The molecule has 0 saturated heterocycles. The van der Waals surface area contributed by atoms with Gasteiger partial charge in [0.1, 0.15) is 5.82 Å². The second-order valence-electron chi connectivity index (χ2n) is 6.78. The van der Waals surface area contributed by atoms with E-state index in [1.165, 1.54) is 19.3 Å². The Morgan fingerprint density at radius 3 is 2.50 bits per heavy atom. The lowest BCUT2D eigenvalue weighted by Gasteiger charge is -2.38. The van der Waals surface area contributed by atoms with Gasteiger partial charge in [-0.15, -0.1) is 0 Å². The van der Waals surface area contributed by atoms with Crippen LogP contribution in [0.15, 0.2) is 24.3 Å². The molecular weight excluding hydrogens is 249 g/mol. The van der Waals surface area contributed by atoms with Gasteiger partial charge in [0.15, 0.2) is 0 Å². The smallest absolute Gasteiger partial charge is 0.126 e. The van der Waals surface area contributed by atoms with Crippen LogP contribution in [-0.4, -0.2) is 12.1 Å². The quantitative estimate of drug-likeness (QED) is 0.749. The molecule has 1 aliphatic rings. The van der Waals surface area contributed by atoms with Gasteiger partial charge >= 0.3 is 0 Å². The summed E-state index contributed by atoms with van der Waals surface area (Å²) in [4.78, 5) is 0. The number of nitrogens with one attached hydrogen (secondary N) is 1. The predicted octanol–water partition coefficient (Wildman–Crippen LogP) is 4.88. The highest BCUT2D eigenvalue weighted by Gasteiger charge is 2.32. The summed E-state index contributed by atoms with van der Waals surface area (Å²) in [6, 6.07) is 8.37. The Hall–Kier alpha value is -0.890. The number of benzene rings is 1. The molecule has 112 valence electrons. The molecule has 0 heterocycles. The third-order valence-corrected chi connectivity index (χ3v) is 4.42. The largest absolute Gasteiger partial charge is 0.311 e. The Bertz CT molecular complexity index is 410. The monoisotopic (exact) mass is 277 g/mol. The zero-order valence-electron chi connectivity index (χ0n) is 13.0. The predicted molar refractivity (Wildman–Crippen MR) is 83.4 cm³/mol. The van der Waals surface area contributed by atoms with Gasteiger partial charge in [0, 0.05) is 12.1 Å². The zero-order valence-corrected chi connectivity index (χ0v) is 13.0. The summed E-state index contributed by atoms with van der Waals surface area (Å²) in [5.74, 6) is 1.17. The first-order valence-electron chi connectivity index (χ1n) is 8.06. The Kier molecular flexibility index (Phi) is 5.59. The van der Waals surface area contributed by atoms with Gasteiger partial charge in [0.05, 0.1) is 0 Å². The van der Waals surface area contributed by atoms with E-state index in [0.717, 1.165) is 24.3 Å². The minimum atomic E-state index is -0.0408. The van der Waals surface area contributed by atoms with Crippen LogP contribution in [0.3, 0.4) is 0 Å². The summed E-state index contributed by atoms with van der Waals surface area (Å²) < 4.78 is 13.7. The van der Waals surface area contributed by atoms with Crippen LogP contribution in [0.2, 0.25) is 0 Å². The first-order valence-corrected chi connectivity index (χ1v) is 8.06. The van der Waals surface area contributed by atoms with E-state index in [-0.39, 0.29) is 5.82 Å². The molecule has 1 N–H and O–H groups in total. The van der Waals surface area contributed by atoms with Gasteiger partial charge in [-0.2, -0.15) is 0 Å². The summed E-state index contributed by atoms with van der Waals surface area (Å²) in [6.45, 7) is 6.84. The Labute approximate surface area is 123 Å². The normalized spacial score (nSPS) is 23.6. The van der Waals surface area contributed by atoms with E-state index in [2.05, 4.69) is 26.1 Å². The van der Waals surface area contributed by atoms with Crippen LogP contribution >= 0.6 is 0 Å². The minimum absolute atomic E-state index is 0.0408. The van der Waals surface area contributed by atoms with Crippen LogP contribution in [0.5, 0.6) is 0 Å². The van der Waals surface area contributed by atoms with Gasteiger partial charge in [0.2, 0.25) is 0 Å². The van der Waals surface area contributed by atoms with Crippen molar-refractivity contribution < 1.29 is 4.39 Å². The van der Waals surface area contributed by atoms with Crippen molar-refractivity contribution in [3.05, 3.63) is 35.6 Å². The van der Waals surface area contributed by atoms with Crippen molar-refractivity contribution in [1.82, 2.24) is 5.32 Å². The molecule has 1 fully saturated rings. The highest BCUT2D eigenvalue weighted by atomic mass is 19.1. The van der Waals surface area contributed by atoms with Crippen molar-refractivity contribution in [2.24, 2.45) is 5.92 Å². The fourth-order valence-corrected chi connectivity index (χ4v) is 3.13. The van der Waals surface area contributed by atoms with Crippen LogP contribution in [0.4, 0.5) is 4.39 Å². The van der Waals surface area contributed by atoms with Gasteiger partial charge in [-0.1, -0.05) is 44.9 Å². The maximum absolute atomic E-state index is 13.7. The minimum Gasteiger partial charge on any atom is -0.311 e. The molecule has 2 heteroatoms. The molecule has 0 amide bonds. The van der Waals surface area contributed by atoms with Crippen molar-refractivity contribution in [2.75, 3.05) is 0 Å². The van der Waals surface area contributed by atoms with E-state index >= 15 is 0 Å². The Balaban J connectivity index is 1.68. The summed E-state index contributed by atoms with van der Waals surface area (Å²) >= 11 is 0. The fraction of sp³-hybridized carbons (Fsp3) is 0.667. The average molecular weight is 277 g/mol. The summed E-state index contributed by atoms with van der Waals surface area (Å²) in [5.41, 5.74) is 0.901. The van der Waals surface area contributed by atoms with E-state index in [1.807, 2.05) is 12.1 Å². The maximum Gasteiger partial charge on any atom is 0.126 e. The second kappa shape index (κ2) is 7.21. The van der Waals surface area contributed by atoms with Gasteiger partial charge in [0.25, 0.3) is 0 Å². The maximum atomic E-state index is 13.7. The molecule has 2 rings (SSSR count). The van der Waals surface area contributed by atoms with Crippen LogP contribution in [-0.2, 0) is 0 Å². The van der Waals surface area contributed by atoms with E-state index in [9.17, 15) is 4.39 Å². The number of hydrogen-bond acceptors (Lipinski definition) is 1. The molecule has 0 spiro atoms. The van der Waals surface area contributed by atoms with Gasteiger partial charge in [-0.3, -0.25) is 0 Å². The first-order chi connectivity index (χ1) is 9.56. The molecule has 1 nitrogen and oxygen atoms in total. The molecule has 1 unspecified atom stereocenters. The SMILES string of the molecule is CC(C)CCCC(C)NC1CC(c2ccccc2F)C1. The Morgan fingerprint density at radius 2 is 1.85 bits per heavy atom. The Morgan fingerprint density at radius 1 is 1.15 bits per heavy atom. The molecule has 1 aromatic carbocycles. The highest BCUT2D eigenvalue weighted by molar-refractivity contribution is 5.24. The van der Waals surface area contributed by atoms with Crippen molar-refractivity contribution in [3.8, 4) is 0 Å². The van der Waals surface area contributed by atoms with Crippen LogP contribution in [0.1, 0.15) is 64.4 Å². The summed E-state index contributed by atoms with van der Waals surface area (Å²) in [7, 11) is 0. The lowest BCUT2D eigenvalue weighted by molar-refractivity contribution is 0.258. The van der Waals surface area contributed by atoms with Crippen molar-refractivity contribution in [2.45, 2.75) is 70.9 Å². The third kappa shape index (κ3) is 4.31. The molecule has 20 heavy (non-hydrogen) atoms. The van der Waals surface area contributed by atoms with Gasteiger partial charge < -0.3 is 5.32 Å². The molecule has 1 aromatic rings. The second-order valence-corrected chi connectivity index (χ2v) is 6.78. The van der Waals surface area contributed by atoms with Crippen molar-refractivity contribution >= 4 is 0 Å². The zero-order chi connectivity index (χ0) is 14.5. The topological polar surface area (TPSA) is 12.0 Å². The van der Waals surface area contributed by atoms with E-state index in [1.54, 1.807) is 12.1 Å². The van der Waals surface area contributed by atoms with Gasteiger partial charge in [-0.25, -0.2) is 4.39 Å². The molecular formula is C18H28FN. The fourth-order valence-electron chi connectivity index (χ4n) is 3.13. The molecule has 0 aromatic heterocycles. The van der Waals surface area contributed by atoms with E-state index in [4.69, 9.17) is 0 Å². The van der Waals surface area contributed by atoms with Crippen molar-refractivity contribution in [3.63, 3.8) is 0 Å². The molecule has 1 saturated carbocycles. The van der Waals surface area contributed by atoms with Crippen LogP contribution in [0, 0.1) is 11.7 Å².